The first kappa shape index (κ1) is 11.6. The van der Waals surface area contributed by atoms with Gasteiger partial charge in [0, 0.05) is 16.5 Å². The van der Waals surface area contributed by atoms with Gasteiger partial charge in [0.25, 0.3) is 11.4 Å². The number of nitro groups is 2. The summed E-state index contributed by atoms with van der Waals surface area (Å²) in [6.07, 6.45) is 1.34. The lowest BCUT2D eigenvalue weighted by Gasteiger charge is -1.95. The van der Waals surface area contributed by atoms with Crippen molar-refractivity contribution in [3.05, 3.63) is 38.6 Å². The first-order valence-electron chi connectivity index (χ1n) is 5.17. The lowest BCUT2D eigenvalue weighted by atomic mass is 10.2. The largest absolute Gasteiger partial charge is 0.501 e. The van der Waals surface area contributed by atoms with Gasteiger partial charge in [-0.1, -0.05) is 5.21 Å². The van der Waals surface area contributed by atoms with Crippen LogP contribution < -0.4 is 4.68 Å². The van der Waals surface area contributed by atoms with Crippen molar-refractivity contribution in [3.63, 3.8) is 0 Å². The molecule has 0 radical (unpaired) electrons. The molecular formula is C8H5N8O4+. The normalized spacial score (nSPS) is 10.8. The number of rotatable bonds is 3. The molecule has 0 amide bonds. The van der Waals surface area contributed by atoms with Crippen LogP contribution in [0.15, 0.2) is 18.3 Å². The number of nitrogens with one attached hydrogen (secondary N) is 2. The smallest absolute Gasteiger partial charge is 0.258 e. The van der Waals surface area contributed by atoms with Crippen molar-refractivity contribution in [2.24, 2.45) is 0 Å². The van der Waals surface area contributed by atoms with Crippen molar-refractivity contribution < 1.29 is 14.5 Å². The van der Waals surface area contributed by atoms with E-state index in [9.17, 15) is 20.2 Å². The van der Waals surface area contributed by atoms with Gasteiger partial charge in [-0.25, -0.2) is 0 Å². The Bertz CT molecular complexity index is 822. The summed E-state index contributed by atoms with van der Waals surface area (Å²) in [4.78, 5) is 20.4. The van der Waals surface area contributed by atoms with E-state index in [2.05, 4.69) is 25.7 Å². The second-order valence-corrected chi connectivity index (χ2v) is 3.73. The number of nitrogens with zero attached hydrogens (tertiary/aromatic N) is 6. The number of aromatic nitrogens is 6. The average molecular weight is 277 g/mol. The number of aromatic amines is 2. The summed E-state index contributed by atoms with van der Waals surface area (Å²) in [7, 11) is 0. The van der Waals surface area contributed by atoms with Crippen LogP contribution in [0.3, 0.4) is 0 Å². The van der Waals surface area contributed by atoms with E-state index in [1.54, 1.807) is 0 Å². The molecule has 0 spiro atoms. The van der Waals surface area contributed by atoms with E-state index in [0.29, 0.717) is 0 Å². The molecule has 0 unspecified atom stereocenters. The standard InChI is InChI=1S/C8H4N8O4/c17-15(18)4-1-6-5(7(2-4)16(19)20)3-9-14(6)8-10-12-13-11-8/h1-3H,(H,10,11,12,13)/p+1. The number of tetrazole rings is 1. The van der Waals surface area contributed by atoms with E-state index >= 15 is 0 Å². The maximum absolute atomic E-state index is 11.0. The fourth-order valence-electron chi connectivity index (χ4n) is 1.81. The van der Waals surface area contributed by atoms with E-state index in [1.807, 2.05) is 0 Å². The van der Waals surface area contributed by atoms with Gasteiger partial charge in [0.1, 0.15) is 5.39 Å². The molecule has 0 saturated heterocycles. The first-order chi connectivity index (χ1) is 9.58. The third-order valence-electron chi connectivity index (χ3n) is 2.64. The van der Waals surface area contributed by atoms with Crippen molar-refractivity contribution in [1.29, 1.82) is 0 Å². The second kappa shape index (κ2) is 4.04. The lowest BCUT2D eigenvalue weighted by molar-refractivity contribution is -0.637. The summed E-state index contributed by atoms with van der Waals surface area (Å²) in [5.41, 5.74) is -0.582. The number of non-ortho nitro benzene ring substituents is 2. The van der Waals surface area contributed by atoms with Crippen LogP contribution in [0.1, 0.15) is 0 Å². The molecule has 12 nitrogen and oxygen atoms in total. The highest BCUT2D eigenvalue weighted by molar-refractivity contribution is 5.87. The van der Waals surface area contributed by atoms with Crippen LogP contribution in [0.4, 0.5) is 11.4 Å². The summed E-state index contributed by atoms with van der Waals surface area (Å²) < 4.78 is 1.25. The van der Waals surface area contributed by atoms with Crippen LogP contribution in [0.25, 0.3) is 16.9 Å². The van der Waals surface area contributed by atoms with Crippen LogP contribution in [-0.4, -0.2) is 35.6 Å². The fourth-order valence-corrected chi connectivity index (χ4v) is 1.81. The molecule has 0 aliphatic heterocycles. The van der Waals surface area contributed by atoms with Crippen LogP contribution in [0, 0.1) is 20.2 Å². The summed E-state index contributed by atoms with van der Waals surface area (Å²) in [5.74, 6) is 0.0785. The van der Waals surface area contributed by atoms with Gasteiger partial charge in [0.15, 0.2) is 5.52 Å². The van der Waals surface area contributed by atoms with E-state index in [4.69, 9.17) is 0 Å². The zero-order valence-corrected chi connectivity index (χ0v) is 9.55. The molecule has 2 N–H and O–H groups in total. The lowest BCUT2D eigenvalue weighted by Crippen LogP contribution is -2.34. The van der Waals surface area contributed by atoms with Gasteiger partial charge in [-0.2, -0.15) is 0 Å². The summed E-state index contributed by atoms with van der Waals surface area (Å²) >= 11 is 0. The molecule has 0 atom stereocenters. The number of H-pyrrole nitrogens is 2. The minimum absolute atomic E-state index is 0.0785. The molecule has 12 heteroatoms. The Hall–Kier alpha value is -3.44. The van der Waals surface area contributed by atoms with Gasteiger partial charge in [0.05, 0.1) is 27.1 Å². The van der Waals surface area contributed by atoms with E-state index in [0.717, 1.165) is 6.07 Å². The molecule has 0 saturated carbocycles. The Kier molecular flexibility index (Phi) is 2.35. The highest BCUT2D eigenvalue weighted by atomic mass is 16.6. The van der Waals surface area contributed by atoms with E-state index in [-0.39, 0.29) is 22.5 Å². The van der Waals surface area contributed by atoms with Gasteiger partial charge >= 0.3 is 5.95 Å². The molecule has 0 aliphatic rings. The topological polar surface area (TPSA) is 160 Å². The van der Waals surface area contributed by atoms with Crippen LogP contribution in [0.5, 0.6) is 0 Å². The predicted octanol–water partition coefficient (Wildman–Crippen LogP) is -0.226. The van der Waals surface area contributed by atoms with Crippen molar-refractivity contribution in [3.8, 4) is 5.95 Å². The van der Waals surface area contributed by atoms with Crippen LogP contribution in [-0.2, 0) is 0 Å². The third kappa shape index (κ3) is 1.63. The zero-order valence-electron chi connectivity index (χ0n) is 9.55. The molecule has 0 fully saturated rings. The SMILES string of the molecule is O=[N+]([O-])c1cc([N+](=O)[O-])c2c[nH][n+](-c3nn[nH]n3)c2c1. The molecule has 20 heavy (non-hydrogen) atoms. The number of benzene rings is 1. The average Bonchev–Trinajstić information content (AvgIpc) is 3.05. The first-order valence-corrected chi connectivity index (χ1v) is 5.17. The van der Waals surface area contributed by atoms with E-state index in [1.165, 1.54) is 16.9 Å². The number of hydrogen-bond donors (Lipinski definition) is 2. The molecular weight excluding hydrogens is 272 g/mol. The third-order valence-corrected chi connectivity index (χ3v) is 2.64. The van der Waals surface area contributed by atoms with Crippen molar-refractivity contribution >= 4 is 22.3 Å². The monoisotopic (exact) mass is 277 g/mol. The molecule has 0 bridgehead atoms. The minimum atomic E-state index is -0.708. The van der Waals surface area contributed by atoms with Crippen molar-refractivity contribution in [1.82, 2.24) is 25.7 Å². The fraction of sp³-hybridized carbons (Fsp3) is 0. The summed E-state index contributed by atoms with van der Waals surface area (Å²) in [6, 6.07) is 2.09. The predicted molar refractivity (Wildman–Crippen MR) is 60.9 cm³/mol. The highest BCUT2D eigenvalue weighted by Crippen LogP contribution is 2.29. The minimum Gasteiger partial charge on any atom is -0.258 e. The Balaban J connectivity index is 2.36. The maximum Gasteiger partial charge on any atom is 0.501 e. The van der Waals surface area contributed by atoms with E-state index < -0.39 is 15.5 Å². The van der Waals surface area contributed by atoms with Crippen LogP contribution in [0.2, 0.25) is 0 Å². The zero-order chi connectivity index (χ0) is 14.3. The molecule has 2 aromatic heterocycles. The summed E-state index contributed by atoms with van der Waals surface area (Å²) in [5, 5.41) is 37.7. The Morgan fingerprint density at radius 2 is 2.00 bits per heavy atom. The Labute approximate surface area is 108 Å². The van der Waals surface area contributed by atoms with Gasteiger partial charge in [-0.05, 0) is 0 Å². The number of nitro benzene ring substituents is 2. The van der Waals surface area contributed by atoms with Gasteiger partial charge in [-0.3, -0.25) is 25.3 Å². The molecule has 0 aliphatic carbocycles. The molecule has 2 heterocycles. The Morgan fingerprint density at radius 1 is 1.20 bits per heavy atom. The Morgan fingerprint density at radius 3 is 2.60 bits per heavy atom. The number of hydrogen-bond acceptors (Lipinski definition) is 7. The molecule has 100 valence electrons. The summed E-state index contributed by atoms with van der Waals surface area (Å²) in [6.45, 7) is 0. The van der Waals surface area contributed by atoms with Gasteiger partial charge in [-0.15, -0.1) is 4.68 Å². The maximum atomic E-state index is 11.0. The van der Waals surface area contributed by atoms with Crippen molar-refractivity contribution in [2.75, 3.05) is 0 Å². The highest BCUT2D eigenvalue weighted by Gasteiger charge is 2.26. The van der Waals surface area contributed by atoms with Gasteiger partial charge < -0.3 is 0 Å². The molecule has 3 aromatic rings. The molecule has 1 aromatic carbocycles. The van der Waals surface area contributed by atoms with Crippen molar-refractivity contribution in [2.45, 2.75) is 0 Å². The van der Waals surface area contributed by atoms with Gasteiger partial charge in [0.2, 0.25) is 0 Å². The molecule has 3 rings (SSSR count). The second-order valence-electron chi connectivity index (χ2n) is 3.73. The van der Waals surface area contributed by atoms with Crippen LogP contribution >= 0.6 is 0 Å². The number of fused-ring (bicyclic) bond motifs is 1. The quantitative estimate of drug-likeness (QED) is 0.379.